The summed E-state index contributed by atoms with van der Waals surface area (Å²) in [6.07, 6.45) is 6.82. The monoisotopic (exact) mass is 487 g/mol. The zero-order valence-electron chi connectivity index (χ0n) is 19.3. The fourth-order valence-corrected chi connectivity index (χ4v) is 4.21. The highest BCUT2D eigenvalue weighted by Gasteiger charge is 2.13. The molecule has 1 fully saturated rings. The first-order valence-electron chi connectivity index (χ1n) is 11.5. The molecular formula is C28H26ClN3O3. The van der Waals surface area contributed by atoms with Crippen molar-refractivity contribution in [3.63, 3.8) is 0 Å². The molecule has 178 valence electrons. The number of carbonyl (C=O) groups excluding carboxylic acids is 1. The predicted molar refractivity (Wildman–Crippen MR) is 138 cm³/mol. The molecule has 0 unspecified atom stereocenters. The molecule has 7 heteroatoms. The van der Waals surface area contributed by atoms with E-state index in [1.165, 1.54) is 0 Å². The highest BCUT2D eigenvalue weighted by molar-refractivity contribution is 6.32. The third kappa shape index (κ3) is 6.34. The molecule has 2 heterocycles. The van der Waals surface area contributed by atoms with Crippen molar-refractivity contribution in [1.82, 2.24) is 9.88 Å². The lowest BCUT2D eigenvalue weighted by Gasteiger charge is -2.26. The Bertz CT molecular complexity index is 1230. The molecule has 1 aliphatic rings. The van der Waals surface area contributed by atoms with Gasteiger partial charge in [0.25, 0.3) is 0 Å². The maximum Gasteiger partial charge on any atom is 0.153 e. The van der Waals surface area contributed by atoms with Crippen molar-refractivity contribution in [2.24, 2.45) is 0 Å². The van der Waals surface area contributed by atoms with Crippen LogP contribution in [0, 0.1) is 11.3 Å². The van der Waals surface area contributed by atoms with Gasteiger partial charge in [0.15, 0.2) is 6.29 Å². The summed E-state index contributed by atoms with van der Waals surface area (Å²) in [5, 5.41) is 10.2. The Hall–Kier alpha value is -3.50. The van der Waals surface area contributed by atoms with E-state index in [9.17, 15) is 10.1 Å². The number of nitriles is 1. The molecule has 0 aliphatic carbocycles. The maximum atomic E-state index is 11.6. The molecule has 0 spiro atoms. The number of ether oxygens (including phenoxy) is 2. The first-order valence-corrected chi connectivity index (χ1v) is 11.9. The standard InChI is InChI=1S/C28H26ClN3O3/c29-26-17-23(20-33)28(35-14-4-11-32-12-15-34-16-13-32)18-22(26)7-8-27-25(19-30)24(9-10-31-27)21-5-2-1-3-6-21/h1-3,5-10,17-18,20H,4,11-16H2/b8-7+. The van der Waals surface area contributed by atoms with Crippen molar-refractivity contribution < 1.29 is 14.3 Å². The number of benzene rings is 2. The van der Waals surface area contributed by atoms with Crippen LogP contribution < -0.4 is 4.74 Å². The topological polar surface area (TPSA) is 75.4 Å². The largest absolute Gasteiger partial charge is 0.493 e. The third-order valence-corrected chi connectivity index (χ3v) is 6.16. The average molecular weight is 488 g/mol. The summed E-state index contributed by atoms with van der Waals surface area (Å²) in [6, 6.07) is 17.2. The minimum Gasteiger partial charge on any atom is -0.493 e. The first-order chi connectivity index (χ1) is 17.2. The molecule has 0 atom stereocenters. The summed E-state index contributed by atoms with van der Waals surface area (Å²) >= 11 is 6.44. The van der Waals surface area contributed by atoms with Gasteiger partial charge < -0.3 is 9.47 Å². The number of aromatic nitrogens is 1. The SMILES string of the molecule is N#Cc1c(-c2ccccc2)ccnc1/C=C/c1cc(OCCCN2CCOCC2)c(C=O)cc1Cl. The van der Waals surface area contributed by atoms with Crippen molar-refractivity contribution in [3.05, 3.63) is 82.1 Å². The zero-order valence-corrected chi connectivity index (χ0v) is 20.1. The molecule has 2 aromatic carbocycles. The van der Waals surface area contributed by atoms with E-state index in [-0.39, 0.29) is 0 Å². The Kier molecular flexibility index (Phi) is 8.63. The smallest absolute Gasteiger partial charge is 0.153 e. The summed E-state index contributed by atoms with van der Waals surface area (Å²) in [5.74, 6) is 0.484. The fourth-order valence-electron chi connectivity index (χ4n) is 3.97. The molecule has 1 aromatic heterocycles. The van der Waals surface area contributed by atoms with E-state index in [0.717, 1.165) is 56.7 Å². The quantitative estimate of drug-likeness (QED) is 0.299. The van der Waals surface area contributed by atoms with Crippen molar-refractivity contribution in [1.29, 1.82) is 5.26 Å². The minimum absolute atomic E-state index is 0.403. The second kappa shape index (κ2) is 12.3. The second-order valence-corrected chi connectivity index (χ2v) is 8.52. The van der Waals surface area contributed by atoms with Crippen LogP contribution in [0.4, 0.5) is 0 Å². The van der Waals surface area contributed by atoms with Gasteiger partial charge in [-0.05, 0) is 41.8 Å². The molecule has 0 saturated carbocycles. The van der Waals surface area contributed by atoms with Gasteiger partial charge >= 0.3 is 0 Å². The van der Waals surface area contributed by atoms with Gasteiger partial charge in [-0.1, -0.05) is 48.0 Å². The Balaban J connectivity index is 1.51. The molecule has 4 rings (SSSR count). The van der Waals surface area contributed by atoms with E-state index in [0.29, 0.717) is 39.8 Å². The van der Waals surface area contributed by atoms with Crippen LogP contribution in [-0.2, 0) is 4.74 Å². The number of rotatable bonds is 9. The number of halogens is 1. The normalized spacial score (nSPS) is 14.1. The van der Waals surface area contributed by atoms with E-state index in [4.69, 9.17) is 21.1 Å². The molecule has 35 heavy (non-hydrogen) atoms. The van der Waals surface area contributed by atoms with Gasteiger partial charge in [0.1, 0.15) is 11.8 Å². The molecule has 6 nitrogen and oxygen atoms in total. The van der Waals surface area contributed by atoms with Gasteiger partial charge in [-0.2, -0.15) is 5.26 Å². The first kappa shape index (κ1) is 24.6. The van der Waals surface area contributed by atoms with Crippen LogP contribution in [0.1, 0.15) is 33.6 Å². The number of hydrogen-bond donors (Lipinski definition) is 0. The highest BCUT2D eigenvalue weighted by atomic mass is 35.5. The number of pyridine rings is 1. The van der Waals surface area contributed by atoms with Gasteiger partial charge in [0, 0.05) is 36.4 Å². The molecule has 0 amide bonds. The minimum atomic E-state index is 0.403. The lowest BCUT2D eigenvalue weighted by atomic mass is 9.99. The van der Waals surface area contributed by atoms with E-state index < -0.39 is 0 Å². The molecular weight excluding hydrogens is 462 g/mol. The Morgan fingerprint density at radius 2 is 1.91 bits per heavy atom. The molecule has 1 aliphatic heterocycles. The van der Waals surface area contributed by atoms with E-state index in [1.54, 1.807) is 30.5 Å². The van der Waals surface area contributed by atoms with Crippen LogP contribution in [0.2, 0.25) is 5.02 Å². The summed E-state index contributed by atoms with van der Waals surface area (Å²) in [4.78, 5) is 18.3. The number of aldehydes is 1. The van der Waals surface area contributed by atoms with Crippen molar-refractivity contribution >= 4 is 30.0 Å². The number of hydrogen-bond acceptors (Lipinski definition) is 6. The predicted octanol–water partition coefficient (Wildman–Crippen LogP) is 5.36. The fraction of sp³-hybridized carbons (Fsp3) is 0.250. The molecule has 3 aromatic rings. The Labute approximate surface area is 210 Å². The highest BCUT2D eigenvalue weighted by Crippen LogP contribution is 2.29. The number of carbonyl (C=O) groups is 1. The second-order valence-electron chi connectivity index (χ2n) is 8.12. The lowest BCUT2D eigenvalue weighted by molar-refractivity contribution is 0.0358. The lowest BCUT2D eigenvalue weighted by Crippen LogP contribution is -2.37. The van der Waals surface area contributed by atoms with Crippen LogP contribution >= 0.6 is 11.6 Å². The van der Waals surface area contributed by atoms with Crippen LogP contribution in [0.15, 0.2) is 54.7 Å². The maximum absolute atomic E-state index is 11.6. The van der Waals surface area contributed by atoms with Gasteiger partial charge in [-0.3, -0.25) is 14.7 Å². The Morgan fingerprint density at radius 3 is 2.66 bits per heavy atom. The van der Waals surface area contributed by atoms with Crippen LogP contribution in [-0.4, -0.2) is 55.6 Å². The number of nitrogens with zero attached hydrogens (tertiary/aromatic N) is 3. The van der Waals surface area contributed by atoms with Gasteiger partial charge in [0.2, 0.25) is 0 Å². The summed E-state index contributed by atoms with van der Waals surface area (Å²) in [7, 11) is 0. The summed E-state index contributed by atoms with van der Waals surface area (Å²) in [5.41, 5.74) is 3.86. The summed E-state index contributed by atoms with van der Waals surface area (Å²) < 4.78 is 11.3. The number of morpholine rings is 1. The molecule has 0 bridgehead atoms. The van der Waals surface area contributed by atoms with Gasteiger partial charge in [0.05, 0.1) is 36.6 Å². The van der Waals surface area contributed by atoms with Gasteiger partial charge in [-0.15, -0.1) is 0 Å². The average Bonchev–Trinajstić information content (AvgIpc) is 2.91. The van der Waals surface area contributed by atoms with Crippen LogP contribution in [0.25, 0.3) is 23.3 Å². The molecule has 0 N–H and O–H groups in total. The summed E-state index contributed by atoms with van der Waals surface area (Å²) in [6.45, 7) is 4.79. The van der Waals surface area contributed by atoms with E-state index >= 15 is 0 Å². The molecule has 0 radical (unpaired) electrons. The van der Waals surface area contributed by atoms with Crippen molar-refractivity contribution in [2.75, 3.05) is 39.5 Å². The molecule has 1 saturated heterocycles. The van der Waals surface area contributed by atoms with Gasteiger partial charge in [-0.25, -0.2) is 0 Å². The van der Waals surface area contributed by atoms with Crippen LogP contribution in [0.5, 0.6) is 5.75 Å². The van der Waals surface area contributed by atoms with E-state index in [2.05, 4.69) is 16.0 Å². The third-order valence-electron chi connectivity index (χ3n) is 5.83. The van der Waals surface area contributed by atoms with E-state index in [1.807, 2.05) is 36.4 Å². The van der Waals surface area contributed by atoms with Crippen molar-refractivity contribution in [2.45, 2.75) is 6.42 Å². The Morgan fingerprint density at radius 1 is 1.11 bits per heavy atom. The zero-order chi connectivity index (χ0) is 24.5. The van der Waals surface area contributed by atoms with Crippen molar-refractivity contribution in [3.8, 4) is 22.9 Å². The van der Waals surface area contributed by atoms with Crippen LogP contribution in [0.3, 0.4) is 0 Å².